The molecule has 0 radical (unpaired) electrons. The lowest BCUT2D eigenvalue weighted by molar-refractivity contribution is -0.274. The summed E-state index contributed by atoms with van der Waals surface area (Å²) in [5.41, 5.74) is 6.62. The number of nitrogen functional groups attached to an aromatic ring is 1. The largest absolute Gasteiger partial charge is 0.573 e. The van der Waals surface area contributed by atoms with Gasteiger partial charge >= 0.3 is 6.36 Å². The lowest BCUT2D eigenvalue weighted by Gasteiger charge is -2.11. The first-order valence-corrected chi connectivity index (χ1v) is 9.19. The Kier molecular flexibility index (Phi) is 3.65. The van der Waals surface area contributed by atoms with Crippen LogP contribution in [0, 0.1) is 17.8 Å². The van der Waals surface area contributed by atoms with E-state index in [4.69, 9.17) is 10.7 Å². The second kappa shape index (κ2) is 5.85. The quantitative estimate of drug-likeness (QED) is 0.835. The minimum Gasteiger partial charge on any atom is -0.402 e. The molecule has 2 aliphatic carbocycles. The van der Waals surface area contributed by atoms with E-state index in [1.165, 1.54) is 25.1 Å². The maximum absolute atomic E-state index is 12.6. The molecule has 2 saturated carbocycles. The highest BCUT2D eigenvalue weighted by atomic mass is 19.4. The Labute approximate surface area is 153 Å². The predicted octanol–water partition coefficient (Wildman–Crippen LogP) is 2.77. The molecule has 0 amide bonds. The smallest absolute Gasteiger partial charge is 0.402 e. The van der Waals surface area contributed by atoms with Crippen LogP contribution in [0.4, 0.5) is 19.0 Å². The number of rotatable bonds is 5. The van der Waals surface area contributed by atoms with Gasteiger partial charge in [0.25, 0.3) is 0 Å². The molecular formula is C18H20F3N5O. The number of ether oxygens (including phenoxy) is 1. The van der Waals surface area contributed by atoms with Crippen LogP contribution in [0.3, 0.4) is 0 Å². The SMILES string of the molecule is Nc1ncc(-c2cn([C@H]3[C@@H]4CNC[C@@H]43)c(CC3CC3)n2)cc1OC(F)(F)F. The third kappa shape index (κ3) is 3.24. The molecule has 6 nitrogen and oxygen atoms in total. The molecule has 3 atom stereocenters. The van der Waals surface area contributed by atoms with Gasteiger partial charge in [0.15, 0.2) is 11.6 Å². The van der Waals surface area contributed by atoms with Gasteiger partial charge in [0.1, 0.15) is 5.82 Å². The van der Waals surface area contributed by atoms with Gasteiger partial charge < -0.3 is 20.4 Å². The average molecular weight is 379 g/mol. The van der Waals surface area contributed by atoms with E-state index in [0.717, 1.165) is 25.3 Å². The molecule has 3 N–H and O–H groups in total. The topological polar surface area (TPSA) is 78.0 Å². The first-order chi connectivity index (χ1) is 12.9. The van der Waals surface area contributed by atoms with Gasteiger partial charge in [0.05, 0.1) is 5.69 Å². The zero-order chi connectivity index (χ0) is 18.8. The summed E-state index contributed by atoms with van der Waals surface area (Å²) in [6, 6.07) is 1.70. The number of halogens is 3. The Morgan fingerprint density at radius 3 is 2.67 bits per heavy atom. The van der Waals surface area contributed by atoms with Crippen molar-refractivity contribution >= 4 is 5.82 Å². The van der Waals surface area contributed by atoms with E-state index in [1.807, 2.05) is 6.20 Å². The van der Waals surface area contributed by atoms with Gasteiger partial charge in [-0.25, -0.2) is 9.97 Å². The van der Waals surface area contributed by atoms with E-state index >= 15 is 0 Å². The third-order valence-electron chi connectivity index (χ3n) is 5.75. The van der Waals surface area contributed by atoms with Crippen molar-refractivity contribution in [1.29, 1.82) is 0 Å². The van der Waals surface area contributed by atoms with Crippen LogP contribution in [0.15, 0.2) is 18.5 Å². The van der Waals surface area contributed by atoms with Crippen LogP contribution >= 0.6 is 0 Å². The molecular weight excluding hydrogens is 359 g/mol. The van der Waals surface area contributed by atoms with E-state index in [1.54, 1.807) is 0 Å². The number of nitrogens with one attached hydrogen (secondary N) is 1. The molecule has 3 aliphatic rings. The number of aromatic nitrogens is 3. The summed E-state index contributed by atoms with van der Waals surface area (Å²) in [7, 11) is 0. The Balaban J connectivity index is 1.48. The van der Waals surface area contributed by atoms with E-state index in [-0.39, 0.29) is 5.82 Å². The highest BCUT2D eigenvalue weighted by Crippen LogP contribution is 2.53. The fourth-order valence-corrected chi connectivity index (χ4v) is 4.16. The first kappa shape index (κ1) is 16.9. The van der Waals surface area contributed by atoms with Crippen LogP contribution in [0.5, 0.6) is 5.75 Å². The fourth-order valence-electron chi connectivity index (χ4n) is 4.16. The Morgan fingerprint density at radius 1 is 1.26 bits per heavy atom. The second-order valence-electron chi connectivity index (χ2n) is 7.73. The molecule has 2 aromatic heterocycles. The van der Waals surface area contributed by atoms with Crippen LogP contribution in [-0.2, 0) is 6.42 Å². The van der Waals surface area contributed by atoms with Crippen LogP contribution in [0.2, 0.25) is 0 Å². The van der Waals surface area contributed by atoms with Gasteiger partial charge in [-0.15, -0.1) is 13.2 Å². The van der Waals surface area contributed by atoms with Crippen molar-refractivity contribution in [2.24, 2.45) is 17.8 Å². The van der Waals surface area contributed by atoms with Gasteiger partial charge in [-0.05, 0) is 36.7 Å². The number of hydrogen-bond donors (Lipinski definition) is 2. The van der Waals surface area contributed by atoms with Gasteiger partial charge in [0, 0.05) is 43.5 Å². The van der Waals surface area contributed by atoms with Gasteiger partial charge in [-0.2, -0.15) is 0 Å². The number of pyridine rings is 1. The standard InChI is InChI=1S/C18H20F3N5O/c19-18(20,21)27-14-4-10(5-24-17(14)22)13-8-26(15(25-13)3-9-1-2-9)16-11-6-23-7-12(11)16/h4-5,8-9,11-12,16,23H,1-3,6-7H2,(H2,22,24)/t11-,12+,16+. The highest BCUT2D eigenvalue weighted by molar-refractivity contribution is 5.64. The Bertz CT molecular complexity index is 866. The molecule has 9 heteroatoms. The minimum absolute atomic E-state index is 0.295. The molecule has 27 heavy (non-hydrogen) atoms. The molecule has 1 saturated heterocycles. The van der Waals surface area contributed by atoms with Crippen molar-refractivity contribution in [1.82, 2.24) is 19.9 Å². The first-order valence-electron chi connectivity index (χ1n) is 9.19. The molecule has 1 aliphatic heterocycles. The number of piperidine rings is 1. The summed E-state index contributed by atoms with van der Waals surface area (Å²) in [6.45, 7) is 2.03. The number of fused-ring (bicyclic) bond motifs is 1. The second-order valence-corrected chi connectivity index (χ2v) is 7.73. The van der Waals surface area contributed by atoms with Crippen LogP contribution < -0.4 is 15.8 Å². The van der Waals surface area contributed by atoms with Crippen molar-refractivity contribution in [3.8, 4) is 17.0 Å². The van der Waals surface area contributed by atoms with Crippen LogP contribution in [-0.4, -0.2) is 34.0 Å². The molecule has 5 rings (SSSR count). The molecule has 2 aromatic rings. The number of imidazole rings is 1. The van der Waals surface area contributed by atoms with Crippen LogP contribution in [0.1, 0.15) is 24.7 Å². The normalized spacial score (nSPS) is 26.9. The molecule has 0 bridgehead atoms. The molecule has 0 aromatic carbocycles. The lowest BCUT2D eigenvalue weighted by Crippen LogP contribution is -2.18. The Hall–Kier alpha value is -2.29. The average Bonchev–Trinajstić information content (AvgIpc) is 3.43. The van der Waals surface area contributed by atoms with Crippen molar-refractivity contribution in [2.45, 2.75) is 31.7 Å². The minimum atomic E-state index is -4.82. The summed E-state index contributed by atoms with van der Waals surface area (Å²) < 4.78 is 44.0. The van der Waals surface area contributed by atoms with Crippen molar-refractivity contribution in [2.75, 3.05) is 18.8 Å². The van der Waals surface area contributed by atoms with Crippen molar-refractivity contribution in [3.05, 3.63) is 24.3 Å². The Morgan fingerprint density at radius 2 is 2.00 bits per heavy atom. The van der Waals surface area contributed by atoms with E-state index in [9.17, 15) is 13.2 Å². The fraction of sp³-hybridized carbons (Fsp3) is 0.556. The summed E-state index contributed by atoms with van der Waals surface area (Å²) in [5, 5.41) is 3.39. The third-order valence-corrected chi connectivity index (χ3v) is 5.75. The summed E-state index contributed by atoms with van der Waals surface area (Å²) in [6.07, 6.45) is 1.93. The van der Waals surface area contributed by atoms with Crippen LogP contribution in [0.25, 0.3) is 11.3 Å². The number of nitrogens with zero attached hydrogens (tertiary/aromatic N) is 3. The molecule has 0 unspecified atom stereocenters. The number of hydrogen-bond acceptors (Lipinski definition) is 5. The van der Waals surface area contributed by atoms with Gasteiger partial charge in [-0.3, -0.25) is 0 Å². The highest BCUT2D eigenvalue weighted by Gasteiger charge is 2.54. The van der Waals surface area contributed by atoms with E-state index in [2.05, 4.69) is 19.6 Å². The summed E-state index contributed by atoms with van der Waals surface area (Å²) in [5.74, 6) is 2.14. The van der Waals surface area contributed by atoms with Crippen molar-refractivity contribution < 1.29 is 17.9 Å². The zero-order valence-electron chi connectivity index (χ0n) is 14.5. The van der Waals surface area contributed by atoms with Crippen molar-refractivity contribution in [3.63, 3.8) is 0 Å². The number of anilines is 1. The van der Waals surface area contributed by atoms with Gasteiger partial charge in [-0.1, -0.05) is 0 Å². The number of alkyl halides is 3. The molecule has 144 valence electrons. The zero-order valence-corrected chi connectivity index (χ0v) is 14.5. The lowest BCUT2D eigenvalue weighted by atomic mass is 10.2. The summed E-state index contributed by atoms with van der Waals surface area (Å²) >= 11 is 0. The van der Waals surface area contributed by atoms with Gasteiger partial charge in [0.2, 0.25) is 0 Å². The van der Waals surface area contributed by atoms with E-state index in [0.29, 0.717) is 35.1 Å². The molecule has 3 heterocycles. The number of nitrogens with two attached hydrogens (primary N) is 1. The van der Waals surface area contributed by atoms with E-state index < -0.39 is 12.1 Å². The molecule has 3 fully saturated rings. The maximum Gasteiger partial charge on any atom is 0.573 e. The molecule has 0 spiro atoms. The monoisotopic (exact) mass is 379 g/mol. The maximum atomic E-state index is 12.6. The summed E-state index contributed by atoms with van der Waals surface area (Å²) in [4.78, 5) is 8.60. The predicted molar refractivity (Wildman–Crippen MR) is 91.9 cm³/mol.